The Morgan fingerprint density at radius 1 is 1.07 bits per heavy atom. The van der Waals surface area contributed by atoms with Gasteiger partial charge in [-0.05, 0) is 74.3 Å². The van der Waals surface area contributed by atoms with Crippen molar-refractivity contribution >= 4 is 5.91 Å². The zero-order chi connectivity index (χ0) is 18.7. The highest BCUT2D eigenvalue weighted by molar-refractivity contribution is 5.84. The summed E-state index contributed by atoms with van der Waals surface area (Å²) < 4.78 is 5.59. The lowest BCUT2D eigenvalue weighted by molar-refractivity contribution is -0.139. The number of benzene rings is 1. The Morgan fingerprint density at radius 3 is 2.48 bits per heavy atom. The van der Waals surface area contributed by atoms with Crippen molar-refractivity contribution in [3.8, 4) is 11.1 Å². The molecule has 2 aromatic rings. The Hall–Kier alpha value is -2.20. The highest BCUT2D eigenvalue weighted by Crippen LogP contribution is 2.38. The first-order valence-electron chi connectivity index (χ1n) is 9.98. The highest BCUT2D eigenvalue weighted by atomic mass is 16.5. The zero-order valence-corrected chi connectivity index (χ0v) is 16.0. The van der Waals surface area contributed by atoms with Crippen LogP contribution in [0, 0.1) is 5.41 Å². The van der Waals surface area contributed by atoms with Crippen molar-refractivity contribution in [2.75, 3.05) is 13.2 Å². The molecule has 2 heterocycles. The summed E-state index contributed by atoms with van der Waals surface area (Å²) in [6.07, 6.45) is 9.34. The van der Waals surface area contributed by atoms with Crippen molar-refractivity contribution in [1.29, 1.82) is 0 Å². The number of nitrogens with one attached hydrogen (secondary N) is 1. The van der Waals surface area contributed by atoms with Crippen LogP contribution in [0.3, 0.4) is 0 Å². The lowest BCUT2D eigenvalue weighted by Gasteiger charge is -2.44. The normalized spacial score (nSPS) is 20.5. The second-order valence-corrected chi connectivity index (χ2v) is 8.37. The molecular weight excluding hydrogens is 336 g/mol. The molecule has 0 spiro atoms. The summed E-state index contributed by atoms with van der Waals surface area (Å²) >= 11 is 0. The van der Waals surface area contributed by atoms with Crippen LogP contribution in [0.2, 0.25) is 0 Å². The Bertz CT molecular complexity index is 793. The molecule has 4 nitrogen and oxygen atoms in total. The van der Waals surface area contributed by atoms with Gasteiger partial charge in [0.25, 0.3) is 0 Å². The number of rotatable bonds is 5. The minimum absolute atomic E-state index is 0.0126. The van der Waals surface area contributed by atoms with E-state index in [-0.39, 0.29) is 16.9 Å². The van der Waals surface area contributed by atoms with Crippen molar-refractivity contribution < 1.29 is 9.53 Å². The van der Waals surface area contributed by atoms with Crippen molar-refractivity contribution in [3.63, 3.8) is 0 Å². The van der Waals surface area contributed by atoms with Gasteiger partial charge in [0.2, 0.25) is 5.91 Å². The Balaban J connectivity index is 1.58. The van der Waals surface area contributed by atoms with Crippen molar-refractivity contribution in [3.05, 3.63) is 54.4 Å². The molecule has 2 aliphatic rings. The van der Waals surface area contributed by atoms with Crippen LogP contribution in [0.5, 0.6) is 0 Å². The molecule has 1 amide bonds. The van der Waals surface area contributed by atoms with Gasteiger partial charge in [0, 0.05) is 31.1 Å². The van der Waals surface area contributed by atoms with Crippen LogP contribution in [-0.2, 0) is 16.0 Å². The van der Waals surface area contributed by atoms with E-state index in [1.807, 2.05) is 24.5 Å². The van der Waals surface area contributed by atoms with Gasteiger partial charge in [-0.15, -0.1) is 0 Å². The number of amides is 1. The number of ether oxygens (including phenoxy) is 1. The van der Waals surface area contributed by atoms with E-state index in [2.05, 4.69) is 41.5 Å². The molecule has 1 saturated heterocycles. The van der Waals surface area contributed by atoms with Gasteiger partial charge in [-0.3, -0.25) is 9.78 Å². The number of hydrogen-bond donors (Lipinski definition) is 1. The van der Waals surface area contributed by atoms with Crippen LogP contribution in [-0.4, -0.2) is 29.6 Å². The molecule has 0 atom stereocenters. The Labute approximate surface area is 161 Å². The zero-order valence-electron chi connectivity index (χ0n) is 16.0. The van der Waals surface area contributed by atoms with Crippen LogP contribution in [0.4, 0.5) is 0 Å². The second-order valence-electron chi connectivity index (χ2n) is 8.37. The number of carbonyl (C=O) groups is 1. The molecule has 27 heavy (non-hydrogen) atoms. The quantitative estimate of drug-likeness (QED) is 0.867. The second kappa shape index (κ2) is 7.43. The molecule has 1 saturated carbocycles. The summed E-state index contributed by atoms with van der Waals surface area (Å²) in [5.41, 5.74) is 3.15. The monoisotopic (exact) mass is 364 g/mol. The maximum Gasteiger partial charge on any atom is 0.227 e. The van der Waals surface area contributed by atoms with Gasteiger partial charge < -0.3 is 10.1 Å². The first kappa shape index (κ1) is 18.2. The minimum Gasteiger partial charge on any atom is -0.381 e. The molecule has 2 fully saturated rings. The topological polar surface area (TPSA) is 51.2 Å². The standard InChI is InChI=1S/C23H28N2O2/c1-22(8-3-9-22)25-21(26)23(10-14-27-15-11-23)17-18-4-2-5-20(16-18)19-6-12-24-13-7-19/h2,4-7,12-13,16H,3,8-11,14-15,17H2,1H3,(H,25,26). The van der Waals surface area contributed by atoms with E-state index in [1.54, 1.807) is 0 Å². The summed E-state index contributed by atoms with van der Waals surface area (Å²) in [7, 11) is 0. The van der Waals surface area contributed by atoms with E-state index in [0.29, 0.717) is 13.2 Å². The molecule has 4 heteroatoms. The molecule has 1 N–H and O–H groups in total. The van der Waals surface area contributed by atoms with Gasteiger partial charge in [-0.1, -0.05) is 24.3 Å². The summed E-state index contributed by atoms with van der Waals surface area (Å²) in [6.45, 7) is 3.49. The molecule has 0 unspecified atom stereocenters. The van der Waals surface area contributed by atoms with Crippen LogP contribution >= 0.6 is 0 Å². The molecular formula is C23H28N2O2. The predicted molar refractivity (Wildman–Crippen MR) is 106 cm³/mol. The number of carbonyl (C=O) groups excluding carboxylic acids is 1. The van der Waals surface area contributed by atoms with Gasteiger partial charge in [-0.2, -0.15) is 0 Å². The summed E-state index contributed by atoms with van der Waals surface area (Å²) in [5, 5.41) is 3.37. The third kappa shape index (κ3) is 3.91. The summed E-state index contributed by atoms with van der Waals surface area (Å²) in [4.78, 5) is 17.4. The van der Waals surface area contributed by atoms with E-state index in [4.69, 9.17) is 4.74 Å². The molecule has 0 radical (unpaired) electrons. The molecule has 1 aliphatic heterocycles. The number of pyridine rings is 1. The maximum absolute atomic E-state index is 13.3. The smallest absolute Gasteiger partial charge is 0.227 e. The van der Waals surface area contributed by atoms with Crippen molar-refractivity contribution in [1.82, 2.24) is 10.3 Å². The minimum atomic E-state index is -0.367. The Kier molecular flexibility index (Phi) is 5.00. The summed E-state index contributed by atoms with van der Waals surface area (Å²) in [5.74, 6) is 0.210. The average Bonchev–Trinajstić information content (AvgIpc) is 2.68. The van der Waals surface area contributed by atoms with Crippen LogP contribution in [0.15, 0.2) is 48.8 Å². The average molecular weight is 364 g/mol. The highest BCUT2D eigenvalue weighted by Gasteiger charge is 2.44. The van der Waals surface area contributed by atoms with Gasteiger partial charge in [-0.25, -0.2) is 0 Å². The van der Waals surface area contributed by atoms with Crippen LogP contribution in [0.25, 0.3) is 11.1 Å². The Morgan fingerprint density at radius 2 is 1.81 bits per heavy atom. The van der Waals surface area contributed by atoms with E-state index in [1.165, 1.54) is 17.5 Å². The molecule has 4 rings (SSSR count). The number of hydrogen-bond acceptors (Lipinski definition) is 3. The lowest BCUT2D eigenvalue weighted by Crippen LogP contribution is -2.57. The fourth-order valence-corrected chi connectivity index (χ4v) is 4.28. The van der Waals surface area contributed by atoms with Gasteiger partial charge in [0.1, 0.15) is 0 Å². The van der Waals surface area contributed by atoms with E-state index in [0.717, 1.165) is 37.7 Å². The van der Waals surface area contributed by atoms with E-state index in [9.17, 15) is 4.79 Å². The van der Waals surface area contributed by atoms with E-state index >= 15 is 0 Å². The molecule has 1 aromatic heterocycles. The lowest BCUT2D eigenvalue weighted by atomic mass is 9.72. The van der Waals surface area contributed by atoms with E-state index < -0.39 is 0 Å². The molecule has 1 aromatic carbocycles. The van der Waals surface area contributed by atoms with Crippen molar-refractivity contribution in [2.45, 2.75) is 51.0 Å². The third-order valence-electron chi connectivity index (χ3n) is 6.29. The fraction of sp³-hybridized carbons (Fsp3) is 0.478. The van der Waals surface area contributed by atoms with Gasteiger partial charge in [0.05, 0.1) is 5.41 Å². The van der Waals surface area contributed by atoms with Crippen LogP contribution < -0.4 is 5.32 Å². The molecule has 142 valence electrons. The van der Waals surface area contributed by atoms with Gasteiger partial charge in [0.15, 0.2) is 0 Å². The number of aromatic nitrogens is 1. The van der Waals surface area contributed by atoms with Crippen LogP contribution in [0.1, 0.15) is 44.6 Å². The maximum atomic E-state index is 13.3. The fourth-order valence-electron chi connectivity index (χ4n) is 4.28. The van der Waals surface area contributed by atoms with Crippen molar-refractivity contribution in [2.24, 2.45) is 5.41 Å². The first-order chi connectivity index (χ1) is 13.1. The predicted octanol–water partition coefficient (Wildman–Crippen LogP) is 4.15. The third-order valence-corrected chi connectivity index (χ3v) is 6.29. The summed E-state index contributed by atoms with van der Waals surface area (Å²) in [6, 6.07) is 12.6. The molecule has 1 aliphatic carbocycles. The molecule has 0 bridgehead atoms. The first-order valence-corrected chi connectivity index (χ1v) is 9.98. The SMILES string of the molecule is CC1(NC(=O)C2(Cc3cccc(-c4ccncc4)c3)CCOCC2)CCC1. The number of nitrogens with zero attached hydrogens (tertiary/aromatic N) is 1. The van der Waals surface area contributed by atoms with Gasteiger partial charge >= 0.3 is 0 Å². The largest absolute Gasteiger partial charge is 0.381 e.